The first-order valence-electron chi connectivity index (χ1n) is 21.6. The van der Waals surface area contributed by atoms with E-state index in [4.69, 9.17) is 18.5 Å². The van der Waals surface area contributed by atoms with E-state index < -0.39 is 20.2 Å². The third-order valence-corrected chi connectivity index (χ3v) is 10.4. The fourth-order valence-electron chi connectivity index (χ4n) is 6.00. The predicted octanol–water partition coefficient (Wildman–Crippen LogP) is 11.6. The second kappa shape index (κ2) is 35.9. The molecule has 0 radical (unpaired) electrons. The van der Waals surface area contributed by atoms with Crippen molar-refractivity contribution in [3.8, 4) is 0 Å². The van der Waals surface area contributed by atoms with E-state index in [1.165, 1.54) is 116 Å². The van der Waals surface area contributed by atoms with Crippen molar-refractivity contribution in [1.29, 1.82) is 0 Å². The van der Waals surface area contributed by atoms with Gasteiger partial charge in [-0.3, -0.25) is 13.8 Å². The molecule has 0 heterocycles. The number of nitrogens with zero attached hydrogens (tertiary/aromatic N) is 1. The van der Waals surface area contributed by atoms with E-state index in [1.54, 1.807) is 0 Å². The first-order chi connectivity index (χ1) is 25.0. The Labute approximate surface area is 321 Å². The second-order valence-corrected chi connectivity index (χ2v) is 17.3. The van der Waals surface area contributed by atoms with Gasteiger partial charge in [-0.25, -0.2) is 4.57 Å². The number of likely N-dealkylation sites (N-methyl/N-ethyl adjacent to an activating group) is 1. The highest BCUT2D eigenvalue weighted by Gasteiger charge is 2.26. The van der Waals surface area contributed by atoms with E-state index in [-0.39, 0.29) is 25.8 Å². The van der Waals surface area contributed by atoms with Crippen molar-refractivity contribution in [2.45, 2.75) is 206 Å². The molecule has 0 saturated heterocycles. The first-order valence-corrected chi connectivity index (χ1v) is 23.0. The van der Waals surface area contributed by atoms with Gasteiger partial charge < -0.3 is 24.0 Å². The number of rotatable bonds is 40. The zero-order valence-corrected chi connectivity index (χ0v) is 35.6. The second-order valence-electron chi connectivity index (χ2n) is 15.9. The summed E-state index contributed by atoms with van der Waals surface area (Å²) in [4.78, 5) is 22.7. The summed E-state index contributed by atoms with van der Waals surface area (Å²) in [6.45, 7) is 4.58. The Bertz CT molecular complexity index is 865. The monoisotopic (exact) mass is 763 g/mol. The standard InChI is InChI=1S/C42H84NO8P/c1-6-8-10-12-14-16-18-20-21-23-25-27-29-31-33-35-42(45)51-40(39-50-52(46,47)49-37-36-43(3,4)5)38-48-41(44)34-32-30-28-26-24-22-19-17-15-13-11-9-7-2/h20-21,40,42,45H,6-19,22-39H2,1-5H3/p+1/b21-20-/t40-,42?/m1/s1. The van der Waals surface area contributed by atoms with Crippen LogP contribution >= 0.6 is 7.82 Å². The van der Waals surface area contributed by atoms with Crippen LogP contribution < -0.4 is 0 Å². The molecule has 0 fully saturated rings. The number of carbonyl (C=O) groups is 1. The molecule has 0 amide bonds. The number of allylic oxidation sites excluding steroid dienone is 2. The van der Waals surface area contributed by atoms with Crippen molar-refractivity contribution >= 4 is 13.8 Å². The molecule has 0 aliphatic rings. The van der Waals surface area contributed by atoms with Crippen molar-refractivity contribution < 1.29 is 42.4 Å². The Morgan fingerprint density at radius 2 is 1.08 bits per heavy atom. The number of aliphatic hydroxyl groups is 1. The Morgan fingerprint density at radius 3 is 1.56 bits per heavy atom. The largest absolute Gasteiger partial charge is 0.472 e. The van der Waals surface area contributed by atoms with Crippen LogP contribution in [-0.4, -0.2) is 80.4 Å². The van der Waals surface area contributed by atoms with Gasteiger partial charge in [-0.1, -0.05) is 154 Å². The number of unbranched alkanes of at least 4 members (excludes halogenated alkanes) is 23. The van der Waals surface area contributed by atoms with Crippen LogP contribution in [0.2, 0.25) is 0 Å². The van der Waals surface area contributed by atoms with Gasteiger partial charge in [0.15, 0.2) is 6.29 Å². The maximum Gasteiger partial charge on any atom is 0.472 e. The van der Waals surface area contributed by atoms with Crippen LogP contribution in [-0.2, 0) is 27.9 Å². The minimum atomic E-state index is -4.34. The van der Waals surface area contributed by atoms with Gasteiger partial charge in [0.2, 0.25) is 0 Å². The first kappa shape index (κ1) is 51.2. The summed E-state index contributed by atoms with van der Waals surface area (Å²) in [5.41, 5.74) is 0. The number of hydrogen-bond acceptors (Lipinski definition) is 7. The van der Waals surface area contributed by atoms with Crippen LogP contribution in [0.5, 0.6) is 0 Å². The SMILES string of the molecule is CCCCCCCC/C=C\CCCCCCCC(O)O[C@H](COC(=O)CCCCCCCCCCCCCCC)COP(=O)(O)OCC[N+](C)(C)C. The van der Waals surface area contributed by atoms with Crippen LogP contribution in [0.4, 0.5) is 0 Å². The highest BCUT2D eigenvalue weighted by Crippen LogP contribution is 2.43. The van der Waals surface area contributed by atoms with Gasteiger partial charge in [0.1, 0.15) is 25.9 Å². The molecule has 2 unspecified atom stereocenters. The molecule has 0 bridgehead atoms. The fourth-order valence-corrected chi connectivity index (χ4v) is 6.74. The third-order valence-electron chi connectivity index (χ3n) is 9.42. The van der Waals surface area contributed by atoms with Gasteiger partial charge in [0, 0.05) is 6.42 Å². The molecule has 3 atom stereocenters. The van der Waals surface area contributed by atoms with Gasteiger partial charge in [0.25, 0.3) is 0 Å². The number of esters is 1. The molecule has 2 N–H and O–H groups in total. The topological polar surface area (TPSA) is 112 Å². The van der Waals surface area contributed by atoms with Crippen molar-refractivity contribution in [3.63, 3.8) is 0 Å². The molecule has 0 rings (SSSR count). The molecular weight excluding hydrogens is 677 g/mol. The highest BCUT2D eigenvalue weighted by molar-refractivity contribution is 7.47. The zero-order chi connectivity index (χ0) is 38.6. The van der Waals surface area contributed by atoms with Gasteiger partial charge in [-0.05, 0) is 44.9 Å². The maximum atomic E-state index is 12.5. The van der Waals surface area contributed by atoms with Crippen LogP contribution in [0.3, 0.4) is 0 Å². The summed E-state index contributed by atoms with van der Waals surface area (Å²) in [5, 5.41) is 10.6. The van der Waals surface area contributed by atoms with E-state index in [1.807, 2.05) is 21.1 Å². The molecule has 0 aromatic carbocycles. The quantitative estimate of drug-likeness (QED) is 0.0158. The molecule has 0 aliphatic heterocycles. The van der Waals surface area contributed by atoms with Crippen molar-refractivity contribution in [2.75, 3.05) is 47.5 Å². The third kappa shape index (κ3) is 38.9. The minimum Gasteiger partial charge on any atom is -0.463 e. The van der Waals surface area contributed by atoms with Gasteiger partial charge >= 0.3 is 13.8 Å². The number of aliphatic hydroxyl groups excluding tert-OH is 1. The summed E-state index contributed by atoms with van der Waals surface area (Å²) < 4.78 is 34.6. The molecule has 52 heavy (non-hydrogen) atoms. The average Bonchev–Trinajstić information content (AvgIpc) is 3.09. The van der Waals surface area contributed by atoms with Gasteiger partial charge in [-0.15, -0.1) is 0 Å². The maximum absolute atomic E-state index is 12.5. The number of phosphoric acid groups is 1. The molecule has 9 nitrogen and oxygen atoms in total. The summed E-state index contributed by atoms with van der Waals surface area (Å²) >= 11 is 0. The van der Waals surface area contributed by atoms with Crippen molar-refractivity contribution in [2.24, 2.45) is 0 Å². The number of phosphoric ester groups is 1. The van der Waals surface area contributed by atoms with Crippen LogP contribution in [0.15, 0.2) is 12.2 Å². The van der Waals surface area contributed by atoms with E-state index in [0.29, 0.717) is 23.9 Å². The molecule has 10 heteroatoms. The Kier molecular flexibility index (Phi) is 35.3. The summed E-state index contributed by atoms with van der Waals surface area (Å²) in [6.07, 6.45) is 35.0. The summed E-state index contributed by atoms with van der Waals surface area (Å²) in [7, 11) is 1.54. The Hall–Kier alpha value is -0.800. The number of quaternary nitrogens is 1. The van der Waals surface area contributed by atoms with Crippen molar-refractivity contribution in [3.05, 3.63) is 12.2 Å². The average molecular weight is 763 g/mol. The van der Waals surface area contributed by atoms with E-state index in [0.717, 1.165) is 51.4 Å². The fraction of sp³-hybridized carbons (Fsp3) is 0.929. The van der Waals surface area contributed by atoms with Crippen molar-refractivity contribution in [1.82, 2.24) is 0 Å². The van der Waals surface area contributed by atoms with E-state index >= 15 is 0 Å². The summed E-state index contributed by atoms with van der Waals surface area (Å²) in [6, 6.07) is 0. The molecule has 0 aliphatic carbocycles. The Morgan fingerprint density at radius 1 is 0.635 bits per heavy atom. The lowest BCUT2D eigenvalue weighted by molar-refractivity contribution is -0.870. The molecule has 0 spiro atoms. The van der Waals surface area contributed by atoms with Gasteiger partial charge in [-0.2, -0.15) is 0 Å². The van der Waals surface area contributed by atoms with E-state index in [9.17, 15) is 19.4 Å². The number of hydrogen-bond donors (Lipinski definition) is 2. The number of ether oxygens (including phenoxy) is 2. The molecular formula is C42H85NO8P+. The number of carbonyl (C=O) groups excluding carboxylic acids is 1. The minimum absolute atomic E-state index is 0.0506. The lowest BCUT2D eigenvalue weighted by Gasteiger charge is -2.25. The lowest BCUT2D eigenvalue weighted by Crippen LogP contribution is -2.37. The van der Waals surface area contributed by atoms with E-state index in [2.05, 4.69) is 26.0 Å². The smallest absolute Gasteiger partial charge is 0.463 e. The summed E-state index contributed by atoms with van der Waals surface area (Å²) in [5.74, 6) is -0.338. The molecule has 0 aromatic rings. The highest BCUT2D eigenvalue weighted by atomic mass is 31.2. The van der Waals surface area contributed by atoms with Gasteiger partial charge in [0.05, 0.1) is 27.7 Å². The molecule has 310 valence electrons. The van der Waals surface area contributed by atoms with Crippen LogP contribution in [0.1, 0.15) is 194 Å². The zero-order valence-electron chi connectivity index (χ0n) is 34.7. The predicted molar refractivity (Wildman–Crippen MR) is 216 cm³/mol. The molecule has 0 saturated carbocycles. The lowest BCUT2D eigenvalue weighted by atomic mass is 10.0. The van der Waals surface area contributed by atoms with Crippen LogP contribution in [0, 0.1) is 0 Å². The molecule has 0 aromatic heterocycles. The van der Waals surface area contributed by atoms with Crippen LogP contribution in [0.25, 0.3) is 0 Å². The Balaban J connectivity index is 4.37. The normalized spacial score (nSPS) is 14.5.